The van der Waals surface area contributed by atoms with Gasteiger partial charge in [-0.1, -0.05) is 31.5 Å². The molecule has 3 N–H and O–H groups in total. The summed E-state index contributed by atoms with van der Waals surface area (Å²) in [5, 5.41) is 2.29. The fourth-order valence-electron chi connectivity index (χ4n) is 2.66. The Bertz CT molecular complexity index is 533. The van der Waals surface area contributed by atoms with Gasteiger partial charge in [-0.25, -0.2) is 0 Å². The van der Waals surface area contributed by atoms with Crippen LogP contribution >= 0.6 is 0 Å². The van der Waals surface area contributed by atoms with E-state index in [0.29, 0.717) is 6.61 Å². The molecule has 0 aliphatic rings. The van der Waals surface area contributed by atoms with E-state index in [1.807, 2.05) is 31.5 Å². The minimum Gasteiger partial charge on any atom is -0.376 e. The average molecular weight is 273 g/mol. The number of pyridine rings is 1. The molecule has 4 heteroatoms. The Morgan fingerprint density at radius 3 is 2.85 bits per heavy atom. The summed E-state index contributed by atoms with van der Waals surface area (Å²) >= 11 is 0. The quantitative estimate of drug-likeness (QED) is 0.601. The van der Waals surface area contributed by atoms with Gasteiger partial charge in [0, 0.05) is 24.4 Å². The van der Waals surface area contributed by atoms with Crippen molar-refractivity contribution in [2.75, 3.05) is 6.61 Å². The van der Waals surface area contributed by atoms with Gasteiger partial charge >= 0.3 is 0 Å². The SMILES string of the molecule is CCCC(OCC)C(NN)c1cccc2cnccc12. The first-order valence-electron chi connectivity index (χ1n) is 7.22. The highest BCUT2D eigenvalue weighted by Crippen LogP contribution is 2.28. The summed E-state index contributed by atoms with van der Waals surface area (Å²) in [6.07, 6.45) is 5.81. The van der Waals surface area contributed by atoms with Crippen molar-refractivity contribution in [3.8, 4) is 0 Å². The van der Waals surface area contributed by atoms with Crippen molar-refractivity contribution >= 4 is 10.8 Å². The standard InChI is InChI=1S/C16H23N3O/c1-3-6-15(20-4-2)16(19-17)14-8-5-7-12-11-18-10-9-13(12)14/h5,7-11,15-16,19H,3-4,6,17H2,1-2H3. The lowest BCUT2D eigenvalue weighted by Gasteiger charge is -2.27. The van der Waals surface area contributed by atoms with Gasteiger partial charge in [0.05, 0.1) is 12.1 Å². The molecule has 4 nitrogen and oxygen atoms in total. The topological polar surface area (TPSA) is 60.2 Å². The van der Waals surface area contributed by atoms with Gasteiger partial charge in [0.2, 0.25) is 0 Å². The van der Waals surface area contributed by atoms with Crippen molar-refractivity contribution in [2.24, 2.45) is 5.84 Å². The second kappa shape index (κ2) is 7.33. The third-order valence-electron chi connectivity index (χ3n) is 3.55. The largest absolute Gasteiger partial charge is 0.376 e. The fourth-order valence-corrected chi connectivity index (χ4v) is 2.66. The van der Waals surface area contributed by atoms with E-state index in [0.717, 1.165) is 18.2 Å². The van der Waals surface area contributed by atoms with E-state index in [9.17, 15) is 0 Å². The van der Waals surface area contributed by atoms with Crippen molar-refractivity contribution in [1.82, 2.24) is 10.4 Å². The van der Waals surface area contributed by atoms with E-state index in [1.165, 1.54) is 10.9 Å². The number of nitrogens with one attached hydrogen (secondary N) is 1. The van der Waals surface area contributed by atoms with Crippen LogP contribution in [0.5, 0.6) is 0 Å². The molecule has 0 amide bonds. The Morgan fingerprint density at radius 2 is 2.15 bits per heavy atom. The van der Waals surface area contributed by atoms with E-state index in [-0.39, 0.29) is 12.1 Å². The van der Waals surface area contributed by atoms with Crippen LogP contribution in [0.1, 0.15) is 38.3 Å². The first-order chi connectivity index (χ1) is 9.81. The summed E-state index contributed by atoms with van der Waals surface area (Å²) < 4.78 is 5.88. The minimum atomic E-state index is -0.0130. The molecule has 1 aromatic carbocycles. The number of hydrogen-bond donors (Lipinski definition) is 2. The molecule has 0 saturated carbocycles. The smallest absolute Gasteiger partial charge is 0.0782 e. The van der Waals surface area contributed by atoms with E-state index < -0.39 is 0 Å². The molecule has 2 rings (SSSR count). The van der Waals surface area contributed by atoms with Crippen LogP contribution < -0.4 is 11.3 Å². The number of nitrogens with zero attached hydrogens (tertiary/aromatic N) is 1. The van der Waals surface area contributed by atoms with E-state index in [4.69, 9.17) is 10.6 Å². The van der Waals surface area contributed by atoms with Crippen molar-refractivity contribution < 1.29 is 4.74 Å². The molecule has 20 heavy (non-hydrogen) atoms. The second-order valence-corrected chi connectivity index (χ2v) is 4.87. The highest BCUT2D eigenvalue weighted by atomic mass is 16.5. The maximum Gasteiger partial charge on any atom is 0.0782 e. The van der Waals surface area contributed by atoms with Crippen molar-refractivity contribution in [1.29, 1.82) is 0 Å². The number of rotatable bonds is 7. The van der Waals surface area contributed by atoms with Gasteiger partial charge in [0.15, 0.2) is 0 Å². The van der Waals surface area contributed by atoms with Gasteiger partial charge in [-0.15, -0.1) is 0 Å². The Morgan fingerprint density at radius 1 is 1.30 bits per heavy atom. The maximum absolute atomic E-state index is 5.88. The number of ether oxygens (including phenoxy) is 1. The third kappa shape index (κ3) is 3.15. The molecule has 1 aromatic heterocycles. The van der Waals surface area contributed by atoms with Crippen molar-refractivity contribution in [3.63, 3.8) is 0 Å². The lowest BCUT2D eigenvalue weighted by Crippen LogP contribution is -2.38. The molecule has 0 spiro atoms. The van der Waals surface area contributed by atoms with Gasteiger partial charge in [0.1, 0.15) is 0 Å². The summed E-state index contributed by atoms with van der Waals surface area (Å²) in [6, 6.07) is 8.23. The number of nitrogens with two attached hydrogens (primary N) is 1. The summed E-state index contributed by atoms with van der Waals surface area (Å²) in [4.78, 5) is 4.17. The maximum atomic E-state index is 5.88. The molecular weight excluding hydrogens is 250 g/mol. The fraction of sp³-hybridized carbons (Fsp3) is 0.438. The first-order valence-corrected chi connectivity index (χ1v) is 7.22. The zero-order valence-electron chi connectivity index (χ0n) is 12.2. The normalized spacial score (nSPS) is 14.3. The van der Waals surface area contributed by atoms with Crippen LogP contribution in [-0.4, -0.2) is 17.7 Å². The van der Waals surface area contributed by atoms with E-state index >= 15 is 0 Å². The van der Waals surface area contributed by atoms with Crippen LogP contribution in [-0.2, 0) is 4.74 Å². The number of hydrazine groups is 1. The van der Waals surface area contributed by atoms with Gasteiger partial charge in [-0.05, 0) is 30.4 Å². The van der Waals surface area contributed by atoms with Crippen LogP contribution in [0.15, 0.2) is 36.7 Å². The third-order valence-corrected chi connectivity index (χ3v) is 3.55. The van der Waals surface area contributed by atoms with Gasteiger partial charge in [0.25, 0.3) is 0 Å². The van der Waals surface area contributed by atoms with Crippen LogP contribution in [0.3, 0.4) is 0 Å². The van der Waals surface area contributed by atoms with Gasteiger partial charge < -0.3 is 4.74 Å². The van der Waals surface area contributed by atoms with Crippen LogP contribution in [0, 0.1) is 0 Å². The monoisotopic (exact) mass is 273 g/mol. The minimum absolute atomic E-state index is 0.0130. The molecule has 0 bridgehead atoms. The average Bonchev–Trinajstić information content (AvgIpc) is 2.49. The summed E-state index contributed by atoms with van der Waals surface area (Å²) in [7, 11) is 0. The first kappa shape index (κ1) is 14.9. The van der Waals surface area contributed by atoms with Gasteiger partial charge in [-0.3, -0.25) is 16.3 Å². The van der Waals surface area contributed by atoms with Gasteiger partial charge in [-0.2, -0.15) is 0 Å². The zero-order chi connectivity index (χ0) is 14.4. The Balaban J connectivity index is 2.42. The van der Waals surface area contributed by atoms with E-state index in [1.54, 1.807) is 0 Å². The molecule has 0 saturated heterocycles. The number of aromatic nitrogens is 1. The van der Waals surface area contributed by atoms with Crippen LogP contribution in [0.4, 0.5) is 0 Å². The molecule has 0 aliphatic carbocycles. The second-order valence-electron chi connectivity index (χ2n) is 4.87. The molecule has 0 fully saturated rings. The molecule has 0 aliphatic heterocycles. The molecule has 108 valence electrons. The highest BCUT2D eigenvalue weighted by Gasteiger charge is 2.23. The Hall–Kier alpha value is -1.49. The lowest BCUT2D eigenvalue weighted by atomic mass is 9.94. The number of fused-ring (bicyclic) bond motifs is 1. The van der Waals surface area contributed by atoms with Crippen molar-refractivity contribution in [2.45, 2.75) is 38.8 Å². The van der Waals surface area contributed by atoms with Crippen molar-refractivity contribution in [3.05, 3.63) is 42.2 Å². The summed E-state index contributed by atoms with van der Waals surface area (Å²) in [6.45, 7) is 4.87. The Labute approximate surface area is 120 Å². The summed E-state index contributed by atoms with van der Waals surface area (Å²) in [5.74, 6) is 5.81. The summed E-state index contributed by atoms with van der Waals surface area (Å²) in [5.41, 5.74) is 4.10. The van der Waals surface area contributed by atoms with Crippen LogP contribution in [0.2, 0.25) is 0 Å². The predicted octanol–water partition coefficient (Wildman–Crippen LogP) is 2.94. The number of benzene rings is 1. The molecule has 2 aromatic rings. The van der Waals surface area contributed by atoms with E-state index in [2.05, 4.69) is 29.5 Å². The molecular formula is C16H23N3O. The molecule has 0 radical (unpaired) electrons. The molecule has 2 unspecified atom stereocenters. The predicted molar refractivity (Wildman–Crippen MR) is 82.1 cm³/mol. The lowest BCUT2D eigenvalue weighted by molar-refractivity contribution is 0.0279. The zero-order valence-corrected chi connectivity index (χ0v) is 12.2. The number of hydrogen-bond acceptors (Lipinski definition) is 4. The molecule has 1 heterocycles. The highest BCUT2D eigenvalue weighted by molar-refractivity contribution is 5.85. The molecule has 2 atom stereocenters. The van der Waals surface area contributed by atoms with Crippen LogP contribution in [0.25, 0.3) is 10.8 Å². The Kier molecular flexibility index (Phi) is 5.47.